The summed E-state index contributed by atoms with van der Waals surface area (Å²) >= 11 is 0. The second kappa shape index (κ2) is 7.21. The largest absolute Gasteiger partial charge is 0.416 e. The molecule has 0 saturated carbocycles. The number of aromatic nitrogens is 5. The SMILES string of the molecule is Cc1cnc(NC(=O)c2cn3c(-c4ccc(C(F)(F)F)cc4)c(C)nc3cn2)cn1. The van der Waals surface area contributed by atoms with Crippen LogP contribution in [0.1, 0.15) is 27.4 Å². The molecule has 0 saturated heterocycles. The van der Waals surface area contributed by atoms with Crippen LogP contribution in [-0.4, -0.2) is 30.2 Å². The number of hydrogen-bond acceptors (Lipinski definition) is 5. The summed E-state index contributed by atoms with van der Waals surface area (Å²) in [6.07, 6.45) is 1.45. The van der Waals surface area contributed by atoms with Crippen LogP contribution >= 0.6 is 0 Å². The number of alkyl halides is 3. The molecule has 30 heavy (non-hydrogen) atoms. The molecule has 0 fully saturated rings. The Morgan fingerprint density at radius 2 is 1.73 bits per heavy atom. The van der Waals surface area contributed by atoms with E-state index in [0.29, 0.717) is 28.3 Å². The van der Waals surface area contributed by atoms with Crippen molar-refractivity contribution in [1.82, 2.24) is 24.3 Å². The number of rotatable bonds is 3. The van der Waals surface area contributed by atoms with Gasteiger partial charge in [-0.1, -0.05) is 12.1 Å². The molecule has 152 valence electrons. The zero-order valence-electron chi connectivity index (χ0n) is 15.9. The lowest BCUT2D eigenvalue weighted by Gasteiger charge is -2.09. The van der Waals surface area contributed by atoms with Crippen LogP contribution in [0.15, 0.2) is 49.1 Å². The highest BCUT2D eigenvalue weighted by atomic mass is 19.4. The Hall–Kier alpha value is -3.82. The molecule has 4 aromatic rings. The van der Waals surface area contributed by atoms with Crippen molar-refractivity contribution in [3.05, 3.63) is 71.7 Å². The molecule has 0 spiro atoms. The molecule has 3 heterocycles. The first-order valence-corrected chi connectivity index (χ1v) is 8.85. The van der Waals surface area contributed by atoms with Gasteiger partial charge in [-0.3, -0.25) is 14.2 Å². The first-order valence-electron chi connectivity index (χ1n) is 8.85. The Morgan fingerprint density at radius 3 is 2.37 bits per heavy atom. The summed E-state index contributed by atoms with van der Waals surface area (Å²) in [6.45, 7) is 3.51. The number of nitrogens with one attached hydrogen (secondary N) is 1. The minimum Gasteiger partial charge on any atom is -0.304 e. The lowest BCUT2D eigenvalue weighted by Crippen LogP contribution is -2.15. The molecule has 1 aromatic carbocycles. The summed E-state index contributed by atoms with van der Waals surface area (Å²) in [5, 5.41) is 2.61. The molecule has 0 aliphatic rings. The predicted molar refractivity (Wildman–Crippen MR) is 103 cm³/mol. The molecule has 3 aromatic heterocycles. The molecule has 0 unspecified atom stereocenters. The second-order valence-electron chi connectivity index (χ2n) is 6.62. The Balaban J connectivity index is 1.70. The van der Waals surface area contributed by atoms with E-state index in [-0.39, 0.29) is 11.5 Å². The molecular weight excluding hydrogens is 397 g/mol. The van der Waals surface area contributed by atoms with Crippen LogP contribution < -0.4 is 5.32 Å². The van der Waals surface area contributed by atoms with Crippen LogP contribution in [0.5, 0.6) is 0 Å². The van der Waals surface area contributed by atoms with Gasteiger partial charge in [0.2, 0.25) is 0 Å². The fourth-order valence-corrected chi connectivity index (χ4v) is 2.99. The van der Waals surface area contributed by atoms with Crippen molar-refractivity contribution < 1.29 is 18.0 Å². The lowest BCUT2D eigenvalue weighted by atomic mass is 10.1. The van der Waals surface area contributed by atoms with Gasteiger partial charge in [-0.15, -0.1) is 0 Å². The second-order valence-corrected chi connectivity index (χ2v) is 6.62. The van der Waals surface area contributed by atoms with Crippen LogP contribution in [-0.2, 0) is 6.18 Å². The summed E-state index contributed by atoms with van der Waals surface area (Å²) in [4.78, 5) is 29.2. The van der Waals surface area contributed by atoms with Gasteiger partial charge < -0.3 is 5.32 Å². The van der Waals surface area contributed by atoms with Gasteiger partial charge in [0.05, 0.1) is 41.2 Å². The third kappa shape index (κ3) is 3.71. The number of carbonyl (C=O) groups is 1. The summed E-state index contributed by atoms with van der Waals surface area (Å²) in [5.74, 6) is -0.225. The molecular formula is C20H15F3N6O. The topological polar surface area (TPSA) is 85.1 Å². The van der Waals surface area contributed by atoms with Crippen molar-refractivity contribution in [3.8, 4) is 11.3 Å². The van der Waals surface area contributed by atoms with Crippen molar-refractivity contribution in [2.24, 2.45) is 0 Å². The Morgan fingerprint density at radius 1 is 1.00 bits per heavy atom. The molecule has 7 nitrogen and oxygen atoms in total. The van der Waals surface area contributed by atoms with E-state index in [0.717, 1.165) is 12.1 Å². The summed E-state index contributed by atoms with van der Waals surface area (Å²) in [7, 11) is 0. The van der Waals surface area contributed by atoms with E-state index in [1.807, 2.05) is 0 Å². The van der Waals surface area contributed by atoms with Crippen molar-refractivity contribution in [3.63, 3.8) is 0 Å². The van der Waals surface area contributed by atoms with E-state index in [4.69, 9.17) is 0 Å². The van der Waals surface area contributed by atoms with Gasteiger partial charge in [0.1, 0.15) is 5.69 Å². The fraction of sp³-hybridized carbons (Fsp3) is 0.150. The van der Waals surface area contributed by atoms with Gasteiger partial charge >= 0.3 is 6.18 Å². The average molecular weight is 412 g/mol. The van der Waals surface area contributed by atoms with Crippen molar-refractivity contribution in [2.75, 3.05) is 5.32 Å². The normalized spacial score (nSPS) is 11.6. The predicted octanol–water partition coefficient (Wildman–Crippen LogP) is 4.07. The van der Waals surface area contributed by atoms with Crippen molar-refractivity contribution >= 4 is 17.4 Å². The third-order valence-corrected chi connectivity index (χ3v) is 4.42. The van der Waals surface area contributed by atoms with Crippen LogP contribution in [0.3, 0.4) is 0 Å². The number of halogens is 3. The number of imidazole rings is 1. The zero-order valence-corrected chi connectivity index (χ0v) is 15.9. The maximum atomic E-state index is 12.9. The maximum absolute atomic E-state index is 12.9. The monoisotopic (exact) mass is 412 g/mol. The Labute approximate surface area is 168 Å². The van der Waals surface area contributed by atoms with E-state index in [2.05, 4.69) is 25.3 Å². The molecule has 10 heteroatoms. The summed E-state index contributed by atoms with van der Waals surface area (Å²) in [6, 6.07) is 4.78. The molecule has 0 aliphatic carbocycles. The first-order chi connectivity index (χ1) is 14.2. The van der Waals surface area contributed by atoms with Gasteiger partial charge in [0.25, 0.3) is 5.91 Å². The Bertz CT molecular complexity index is 1230. The van der Waals surface area contributed by atoms with Gasteiger partial charge in [0.15, 0.2) is 11.5 Å². The highest BCUT2D eigenvalue weighted by Crippen LogP contribution is 2.32. The van der Waals surface area contributed by atoms with Crippen LogP contribution in [0.4, 0.5) is 19.0 Å². The smallest absolute Gasteiger partial charge is 0.304 e. The van der Waals surface area contributed by atoms with Crippen molar-refractivity contribution in [2.45, 2.75) is 20.0 Å². The number of carbonyl (C=O) groups excluding carboxylic acids is 1. The third-order valence-electron chi connectivity index (χ3n) is 4.42. The van der Waals surface area contributed by atoms with E-state index in [1.165, 1.54) is 36.9 Å². The molecule has 0 bridgehead atoms. The van der Waals surface area contributed by atoms with Gasteiger partial charge in [-0.2, -0.15) is 13.2 Å². The number of amides is 1. The van der Waals surface area contributed by atoms with Gasteiger partial charge in [0, 0.05) is 11.8 Å². The van der Waals surface area contributed by atoms with Crippen LogP contribution in [0, 0.1) is 13.8 Å². The summed E-state index contributed by atoms with van der Waals surface area (Å²) < 4.78 is 40.2. The van der Waals surface area contributed by atoms with Gasteiger partial charge in [-0.25, -0.2) is 15.0 Å². The summed E-state index contributed by atoms with van der Waals surface area (Å²) in [5.41, 5.74) is 2.24. The highest BCUT2D eigenvalue weighted by molar-refractivity contribution is 6.02. The van der Waals surface area contributed by atoms with Crippen LogP contribution in [0.25, 0.3) is 16.9 Å². The first kappa shape index (κ1) is 19.5. The van der Waals surface area contributed by atoms with E-state index < -0.39 is 17.6 Å². The van der Waals surface area contributed by atoms with E-state index in [9.17, 15) is 18.0 Å². The standard InChI is InChI=1S/C20H15F3N6O/c1-11-7-26-16(8-24-11)28-19(30)15-10-29-17(9-25-15)27-12(2)18(29)13-3-5-14(6-4-13)20(21,22)23/h3-10H,1-2H3,(H,26,28,30). The van der Waals surface area contributed by atoms with E-state index in [1.54, 1.807) is 18.2 Å². The number of hydrogen-bond donors (Lipinski definition) is 1. The minimum atomic E-state index is -4.42. The molecule has 1 amide bonds. The minimum absolute atomic E-state index is 0.0930. The maximum Gasteiger partial charge on any atom is 0.416 e. The zero-order chi connectivity index (χ0) is 21.5. The number of anilines is 1. The number of fused-ring (bicyclic) bond motifs is 1. The molecule has 0 radical (unpaired) electrons. The van der Waals surface area contributed by atoms with Crippen LogP contribution in [0.2, 0.25) is 0 Å². The average Bonchev–Trinajstić information content (AvgIpc) is 3.04. The molecule has 4 rings (SSSR count). The van der Waals surface area contributed by atoms with Gasteiger partial charge in [-0.05, 0) is 26.0 Å². The number of nitrogens with zero attached hydrogens (tertiary/aromatic N) is 5. The lowest BCUT2D eigenvalue weighted by molar-refractivity contribution is -0.137. The van der Waals surface area contributed by atoms with Crippen molar-refractivity contribution in [1.29, 1.82) is 0 Å². The van der Waals surface area contributed by atoms with E-state index >= 15 is 0 Å². The number of aryl methyl sites for hydroxylation is 2. The Kier molecular flexibility index (Phi) is 4.69. The quantitative estimate of drug-likeness (QED) is 0.548. The highest BCUT2D eigenvalue weighted by Gasteiger charge is 2.30. The number of benzene rings is 1. The molecule has 0 atom stereocenters. The molecule has 1 N–H and O–H groups in total. The molecule has 0 aliphatic heterocycles. The fourth-order valence-electron chi connectivity index (χ4n) is 2.99.